The molecule has 0 saturated carbocycles. The van der Waals surface area contributed by atoms with E-state index in [-0.39, 0.29) is 17.3 Å². The Hall–Kier alpha value is -2.36. The molecule has 4 rings (SSSR count). The van der Waals surface area contributed by atoms with Gasteiger partial charge < -0.3 is 4.90 Å². The van der Waals surface area contributed by atoms with Crippen molar-refractivity contribution in [1.82, 2.24) is 14.2 Å². The summed E-state index contributed by atoms with van der Waals surface area (Å²) in [7, 11) is -3.70. The summed E-state index contributed by atoms with van der Waals surface area (Å²) in [4.78, 5) is 19.1. The number of thiazole rings is 1. The summed E-state index contributed by atoms with van der Waals surface area (Å²) in [6.45, 7) is 1.48. The van der Waals surface area contributed by atoms with Crippen LogP contribution in [-0.2, 0) is 21.2 Å². The minimum atomic E-state index is -3.70. The van der Waals surface area contributed by atoms with Gasteiger partial charge in [-0.1, -0.05) is 12.1 Å². The van der Waals surface area contributed by atoms with Gasteiger partial charge in [-0.3, -0.25) is 4.79 Å². The molecule has 0 radical (unpaired) electrons. The van der Waals surface area contributed by atoms with Crippen LogP contribution in [0.1, 0.15) is 24.3 Å². The molecular formula is C22H24FN3O3S2. The average Bonchev–Trinajstić information content (AvgIpc) is 2.99. The molecule has 1 amide bonds. The Bertz CT molecular complexity index is 1130. The molecule has 0 aliphatic carbocycles. The maximum atomic E-state index is 13.1. The van der Waals surface area contributed by atoms with Crippen LogP contribution in [0.3, 0.4) is 0 Å². The number of hydrogen-bond acceptors (Lipinski definition) is 5. The van der Waals surface area contributed by atoms with E-state index in [2.05, 4.69) is 4.98 Å². The van der Waals surface area contributed by atoms with E-state index in [0.717, 1.165) is 33.8 Å². The van der Waals surface area contributed by atoms with E-state index in [1.807, 2.05) is 24.3 Å². The maximum absolute atomic E-state index is 13.1. The number of carbonyl (C=O) groups excluding carboxylic acids is 1. The lowest BCUT2D eigenvalue weighted by Crippen LogP contribution is -2.37. The number of rotatable bonds is 6. The van der Waals surface area contributed by atoms with Gasteiger partial charge in [0.2, 0.25) is 15.9 Å². The molecule has 1 aromatic heterocycles. The summed E-state index contributed by atoms with van der Waals surface area (Å²) in [5, 5.41) is 1.03. The van der Waals surface area contributed by atoms with E-state index in [0.29, 0.717) is 38.9 Å². The van der Waals surface area contributed by atoms with Crippen LogP contribution >= 0.6 is 11.3 Å². The van der Waals surface area contributed by atoms with E-state index in [9.17, 15) is 17.6 Å². The van der Waals surface area contributed by atoms with Gasteiger partial charge >= 0.3 is 0 Å². The smallest absolute Gasteiger partial charge is 0.243 e. The minimum absolute atomic E-state index is 0.0436. The molecule has 1 fully saturated rings. The molecule has 2 aromatic carbocycles. The third-order valence-corrected chi connectivity index (χ3v) is 8.39. The van der Waals surface area contributed by atoms with Crippen LogP contribution in [0.5, 0.6) is 0 Å². The van der Waals surface area contributed by atoms with Gasteiger partial charge in [0.1, 0.15) is 5.82 Å². The van der Waals surface area contributed by atoms with Crippen LogP contribution in [-0.4, -0.2) is 54.7 Å². The number of para-hydroxylation sites is 1. The highest BCUT2D eigenvalue weighted by atomic mass is 32.2. The number of hydrogen-bond donors (Lipinski definition) is 0. The summed E-state index contributed by atoms with van der Waals surface area (Å²) < 4.78 is 41.3. The number of fused-ring (bicyclic) bond motifs is 1. The van der Waals surface area contributed by atoms with Gasteiger partial charge in [0, 0.05) is 32.6 Å². The third kappa shape index (κ3) is 5.11. The Kier molecular flexibility index (Phi) is 6.64. The van der Waals surface area contributed by atoms with Gasteiger partial charge in [0.25, 0.3) is 0 Å². The molecule has 1 aliphatic rings. The normalized spacial score (nSPS) is 15.8. The van der Waals surface area contributed by atoms with Crippen LogP contribution in [0.15, 0.2) is 53.4 Å². The largest absolute Gasteiger partial charge is 0.341 e. The second kappa shape index (κ2) is 9.42. The predicted octanol–water partition coefficient (Wildman–Crippen LogP) is 3.68. The third-order valence-electron chi connectivity index (χ3n) is 5.38. The molecule has 2 heterocycles. The van der Waals surface area contributed by atoms with Crippen molar-refractivity contribution in [3.63, 3.8) is 0 Å². The quantitative estimate of drug-likeness (QED) is 0.562. The number of carbonyl (C=O) groups is 1. The summed E-state index contributed by atoms with van der Waals surface area (Å²) >= 11 is 1.66. The molecule has 6 nitrogen and oxygen atoms in total. The second-order valence-electron chi connectivity index (χ2n) is 7.52. The first-order valence-electron chi connectivity index (χ1n) is 10.3. The fourth-order valence-electron chi connectivity index (χ4n) is 3.71. The molecule has 0 unspecified atom stereocenters. The number of halogens is 1. The molecular weight excluding hydrogens is 437 g/mol. The van der Waals surface area contributed by atoms with Crippen molar-refractivity contribution < 1.29 is 17.6 Å². The Labute approximate surface area is 185 Å². The summed E-state index contributed by atoms with van der Waals surface area (Å²) in [5.41, 5.74) is 0.990. The first-order chi connectivity index (χ1) is 14.9. The molecule has 0 bridgehead atoms. The first kappa shape index (κ1) is 21.9. The highest BCUT2D eigenvalue weighted by Gasteiger charge is 2.28. The number of nitrogens with zero attached hydrogens (tertiary/aromatic N) is 3. The van der Waals surface area contributed by atoms with E-state index in [1.54, 1.807) is 16.2 Å². The molecule has 0 N–H and O–H groups in total. The fraction of sp³-hybridized carbons (Fsp3) is 0.364. The number of amides is 1. The summed E-state index contributed by atoms with van der Waals surface area (Å²) in [6, 6.07) is 12.8. The molecule has 1 aliphatic heterocycles. The molecule has 3 aromatic rings. The lowest BCUT2D eigenvalue weighted by atomic mass is 10.2. The number of benzene rings is 2. The van der Waals surface area contributed by atoms with Crippen molar-refractivity contribution in [1.29, 1.82) is 0 Å². The molecule has 0 atom stereocenters. The Balaban J connectivity index is 1.30. The molecule has 1 saturated heterocycles. The van der Waals surface area contributed by atoms with Crippen LogP contribution in [0.25, 0.3) is 10.2 Å². The Morgan fingerprint density at radius 2 is 1.81 bits per heavy atom. The lowest BCUT2D eigenvalue weighted by Gasteiger charge is -2.22. The van der Waals surface area contributed by atoms with Gasteiger partial charge in [-0.05, 0) is 55.7 Å². The van der Waals surface area contributed by atoms with E-state index >= 15 is 0 Å². The fourth-order valence-corrected chi connectivity index (χ4v) is 6.19. The number of aryl methyl sites for hydroxylation is 1. The summed E-state index contributed by atoms with van der Waals surface area (Å²) in [5.74, 6) is -0.431. The van der Waals surface area contributed by atoms with Gasteiger partial charge in [-0.25, -0.2) is 17.8 Å². The molecule has 9 heteroatoms. The second-order valence-corrected chi connectivity index (χ2v) is 10.6. The Morgan fingerprint density at radius 3 is 2.58 bits per heavy atom. The minimum Gasteiger partial charge on any atom is -0.341 e. The van der Waals surface area contributed by atoms with Crippen molar-refractivity contribution in [2.45, 2.75) is 30.6 Å². The van der Waals surface area contributed by atoms with Crippen molar-refractivity contribution in [2.24, 2.45) is 0 Å². The van der Waals surface area contributed by atoms with E-state index < -0.39 is 15.8 Å². The standard InChI is InChI=1S/C22H24FN3O3S2/c23-17-9-11-18(12-10-17)31(28,29)26-14-4-13-25(15-16-26)22(27)8-3-7-21-24-19-5-1-2-6-20(19)30-21/h1-2,5-6,9-12H,3-4,7-8,13-16H2. The van der Waals surface area contributed by atoms with Crippen molar-refractivity contribution in [3.05, 3.63) is 59.4 Å². The monoisotopic (exact) mass is 461 g/mol. The maximum Gasteiger partial charge on any atom is 0.243 e. The molecule has 0 spiro atoms. The van der Waals surface area contributed by atoms with Crippen LogP contribution in [0.2, 0.25) is 0 Å². The van der Waals surface area contributed by atoms with Gasteiger partial charge in [0.15, 0.2) is 0 Å². The highest BCUT2D eigenvalue weighted by Crippen LogP contribution is 2.23. The van der Waals surface area contributed by atoms with Gasteiger partial charge in [0.05, 0.1) is 20.1 Å². The average molecular weight is 462 g/mol. The lowest BCUT2D eigenvalue weighted by molar-refractivity contribution is -0.131. The topological polar surface area (TPSA) is 70.6 Å². The van der Waals surface area contributed by atoms with Crippen LogP contribution < -0.4 is 0 Å². The number of aromatic nitrogens is 1. The Morgan fingerprint density at radius 1 is 1.03 bits per heavy atom. The molecule has 164 valence electrons. The van der Waals surface area contributed by atoms with Crippen molar-refractivity contribution in [2.75, 3.05) is 26.2 Å². The van der Waals surface area contributed by atoms with Crippen LogP contribution in [0.4, 0.5) is 4.39 Å². The van der Waals surface area contributed by atoms with E-state index in [1.165, 1.54) is 16.4 Å². The van der Waals surface area contributed by atoms with Gasteiger partial charge in [-0.15, -0.1) is 11.3 Å². The zero-order valence-corrected chi connectivity index (χ0v) is 18.7. The van der Waals surface area contributed by atoms with E-state index in [4.69, 9.17) is 0 Å². The SMILES string of the molecule is O=C(CCCc1nc2ccccc2s1)N1CCCN(S(=O)(=O)c2ccc(F)cc2)CC1. The highest BCUT2D eigenvalue weighted by molar-refractivity contribution is 7.89. The predicted molar refractivity (Wildman–Crippen MR) is 119 cm³/mol. The van der Waals surface area contributed by atoms with Crippen molar-refractivity contribution >= 4 is 37.5 Å². The van der Waals surface area contributed by atoms with Crippen LogP contribution in [0, 0.1) is 5.82 Å². The first-order valence-corrected chi connectivity index (χ1v) is 12.6. The zero-order chi connectivity index (χ0) is 21.8. The molecule has 31 heavy (non-hydrogen) atoms. The zero-order valence-electron chi connectivity index (χ0n) is 17.0. The van der Waals surface area contributed by atoms with Crippen molar-refractivity contribution in [3.8, 4) is 0 Å². The summed E-state index contributed by atoms with van der Waals surface area (Å²) in [6.07, 6.45) is 2.46. The van der Waals surface area contributed by atoms with Gasteiger partial charge in [-0.2, -0.15) is 4.31 Å². The number of sulfonamides is 1.